The fourth-order valence-corrected chi connectivity index (χ4v) is 5.61. The first kappa shape index (κ1) is 27.5. The number of Topliss-reactive ketones (excluding diaryl/α,β-unsaturated/α-hetero) is 1. The minimum absolute atomic E-state index is 0.00443. The van der Waals surface area contributed by atoms with E-state index >= 15 is 0 Å². The summed E-state index contributed by atoms with van der Waals surface area (Å²) in [5.74, 6) is 0.249. The van der Waals surface area contributed by atoms with Crippen molar-refractivity contribution in [1.82, 2.24) is 5.32 Å². The highest BCUT2D eigenvalue weighted by Gasteiger charge is 2.42. The van der Waals surface area contributed by atoms with Gasteiger partial charge in [-0.05, 0) is 62.1 Å². The Morgan fingerprint density at radius 3 is 2.40 bits per heavy atom. The standard InChI is InChI=1S/C33H32ClNO5/c1-3-38-29-12-8-7-11-26(29)31-30(33(37)40-18-17-39-25-9-5-4-6-10-25)21(2)35-27-19-23(20-28(36)32(27)31)22-13-15-24(34)16-14-22/h4-16,23,31,35H,3,17-20H2,1-2H3/t23-,31+/m0/s1. The molecule has 0 spiro atoms. The van der Waals surface area contributed by atoms with Crippen LogP contribution in [0.3, 0.4) is 0 Å². The normalized spacial score (nSPS) is 18.6. The van der Waals surface area contributed by atoms with Gasteiger partial charge in [0.15, 0.2) is 5.78 Å². The lowest BCUT2D eigenvalue weighted by Gasteiger charge is -2.37. The Bertz CT molecular complexity index is 1450. The van der Waals surface area contributed by atoms with Crippen LogP contribution >= 0.6 is 11.6 Å². The van der Waals surface area contributed by atoms with Gasteiger partial charge in [-0.15, -0.1) is 0 Å². The number of dihydropyridines is 1. The van der Waals surface area contributed by atoms with E-state index in [1.807, 2.05) is 92.7 Å². The van der Waals surface area contributed by atoms with Gasteiger partial charge in [0.2, 0.25) is 0 Å². The van der Waals surface area contributed by atoms with Crippen molar-refractivity contribution >= 4 is 23.4 Å². The first-order valence-electron chi connectivity index (χ1n) is 13.5. The maximum Gasteiger partial charge on any atom is 0.336 e. The summed E-state index contributed by atoms with van der Waals surface area (Å²) in [6, 6.07) is 24.6. The van der Waals surface area contributed by atoms with Crippen molar-refractivity contribution in [2.24, 2.45) is 0 Å². The summed E-state index contributed by atoms with van der Waals surface area (Å²) >= 11 is 6.10. The average Bonchev–Trinajstić information content (AvgIpc) is 2.96. The number of rotatable bonds is 9. The van der Waals surface area contributed by atoms with Crippen molar-refractivity contribution in [3.05, 3.63) is 118 Å². The van der Waals surface area contributed by atoms with E-state index in [0.29, 0.717) is 52.8 Å². The third-order valence-corrected chi connectivity index (χ3v) is 7.50. The molecule has 1 heterocycles. The number of hydrogen-bond donors (Lipinski definition) is 1. The number of nitrogens with one attached hydrogen (secondary N) is 1. The first-order valence-corrected chi connectivity index (χ1v) is 13.9. The summed E-state index contributed by atoms with van der Waals surface area (Å²) in [7, 11) is 0. The van der Waals surface area contributed by atoms with Gasteiger partial charge >= 0.3 is 5.97 Å². The molecule has 0 bridgehead atoms. The molecule has 7 heteroatoms. The molecule has 0 radical (unpaired) electrons. The highest BCUT2D eigenvalue weighted by Crippen LogP contribution is 2.47. The van der Waals surface area contributed by atoms with Crippen LogP contribution in [-0.4, -0.2) is 31.6 Å². The third kappa shape index (κ3) is 5.92. The van der Waals surface area contributed by atoms with E-state index in [-0.39, 0.29) is 24.9 Å². The average molecular weight is 558 g/mol. The largest absolute Gasteiger partial charge is 0.494 e. The number of hydrogen-bond acceptors (Lipinski definition) is 6. The van der Waals surface area contributed by atoms with Gasteiger partial charge in [0.05, 0.1) is 18.1 Å². The third-order valence-electron chi connectivity index (χ3n) is 7.25. The number of para-hydroxylation sites is 2. The molecule has 6 nitrogen and oxygen atoms in total. The molecule has 0 amide bonds. The van der Waals surface area contributed by atoms with E-state index < -0.39 is 11.9 Å². The van der Waals surface area contributed by atoms with Crippen LogP contribution in [0.4, 0.5) is 0 Å². The number of ketones is 1. The maximum absolute atomic E-state index is 13.9. The second kappa shape index (κ2) is 12.4. The molecule has 0 unspecified atom stereocenters. The molecule has 2 atom stereocenters. The second-order valence-corrected chi connectivity index (χ2v) is 10.3. The molecule has 5 rings (SSSR count). The zero-order valence-corrected chi connectivity index (χ0v) is 23.4. The minimum Gasteiger partial charge on any atom is -0.494 e. The van der Waals surface area contributed by atoms with Crippen LogP contribution in [0.2, 0.25) is 5.02 Å². The summed E-state index contributed by atoms with van der Waals surface area (Å²) < 4.78 is 17.3. The quantitative estimate of drug-likeness (QED) is 0.232. The zero-order chi connectivity index (χ0) is 28.1. The Balaban J connectivity index is 1.45. The number of ether oxygens (including phenoxy) is 3. The lowest BCUT2D eigenvalue weighted by Crippen LogP contribution is -2.36. The Hall–Kier alpha value is -4.03. The summed E-state index contributed by atoms with van der Waals surface area (Å²) in [6.45, 7) is 4.51. The molecule has 1 aliphatic carbocycles. The van der Waals surface area contributed by atoms with Crippen molar-refractivity contribution in [3.63, 3.8) is 0 Å². The second-order valence-electron chi connectivity index (χ2n) is 9.84. The smallest absolute Gasteiger partial charge is 0.336 e. The molecule has 40 heavy (non-hydrogen) atoms. The molecule has 0 saturated heterocycles. The number of allylic oxidation sites excluding steroid dienone is 3. The van der Waals surface area contributed by atoms with Gasteiger partial charge in [0.1, 0.15) is 24.7 Å². The molecular formula is C33H32ClNO5. The number of carbonyl (C=O) groups is 2. The Kier molecular flexibility index (Phi) is 8.56. The molecule has 3 aromatic carbocycles. The summed E-state index contributed by atoms with van der Waals surface area (Å²) in [5, 5.41) is 4.06. The van der Waals surface area contributed by atoms with E-state index in [1.54, 1.807) is 0 Å². The van der Waals surface area contributed by atoms with Crippen LogP contribution in [0.15, 0.2) is 101 Å². The van der Waals surface area contributed by atoms with Crippen molar-refractivity contribution in [2.45, 2.75) is 38.5 Å². The number of halogens is 1. The van der Waals surface area contributed by atoms with Crippen LogP contribution in [0, 0.1) is 0 Å². The van der Waals surface area contributed by atoms with E-state index in [4.69, 9.17) is 25.8 Å². The molecule has 2 aliphatic rings. The highest BCUT2D eigenvalue weighted by atomic mass is 35.5. The monoisotopic (exact) mass is 557 g/mol. The van der Waals surface area contributed by atoms with Crippen LogP contribution < -0.4 is 14.8 Å². The summed E-state index contributed by atoms with van der Waals surface area (Å²) in [5.41, 5.74) is 4.31. The molecule has 3 aromatic rings. The van der Waals surface area contributed by atoms with Gasteiger partial charge in [0, 0.05) is 34.0 Å². The van der Waals surface area contributed by atoms with Gasteiger partial charge in [0.25, 0.3) is 0 Å². The van der Waals surface area contributed by atoms with Gasteiger partial charge in [-0.3, -0.25) is 4.79 Å². The molecular weight excluding hydrogens is 526 g/mol. The zero-order valence-electron chi connectivity index (χ0n) is 22.6. The van der Waals surface area contributed by atoms with Gasteiger partial charge in [-0.2, -0.15) is 0 Å². The summed E-state index contributed by atoms with van der Waals surface area (Å²) in [4.78, 5) is 27.5. The van der Waals surface area contributed by atoms with E-state index in [1.165, 1.54) is 0 Å². The Labute approximate surface area is 239 Å². The molecule has 206 valence electrons. The lowest BCUT2D eigenvalue weighted by atomic mass is 9.71. The fourth-order valence-electron chi connectivity index (χ4n) is 5.49. The number of esters is 1. The molecule has 0 aromatic heterocycles. The van der Waals surface area contributed by atoms with Crippen molar-refractivity contribution in [2.75, 3.05) is 19.8 Å². The highest BCUT2D eigenvalue weighted by molar-refractivity contribution is 6.30. The molecule has 0 fully saturated rings. The minimum atomic E-state index is -0.611. The van der Waals surface area contributed by atoms with Gasteiger partial charge in [-0.25, -0.2) is 4.79 Å². The van der Waals surface area contributed by atoms with Gasteiger partial charge < -0.3 is 19.5 Å². The SMILES string of the molecule is CCOc1ccccc1[C@@H]1C(C(=O)OCCOc2ccccc2)=C(C)NC2=C1C(=O)C[C@@H](c1ccc(Cl)cc1)C2. The predicted molar refractivity (Wildman–Crippen MR) is 155 cm³/mol. The molecule has 1 aliphatic heterocycles. The van der Waals surface area contributed by atoms with Crippen molar-refractivity contribution in [3.8, 4) is 11.5 Å². The van der Waals surface area contributed by atoms with E-state index in [9.17, 15) is 9.59 Å². The van der Waals surface area contributed by atoms with Crippen LogP contribution in [0.25, 0.3) is 0 Å². The van der Waals surface area contributed by atoms with Crippen LogP contribution in [0.1, 0.15) is 49.7 Å². The topological polar surface area (TPSA) is 73.9 Å². The fraction of sp³-hybridized carbons (Fsp3) is 0.273. The van der Waals surface area contributed by atoms with Crippen molar-refractivity contribution < 1.29 is 23.8 Å². The van der Waals surface area contributed by atoms with E-state index in [2.05, 4.69) is 5.32 Å². The number of benzene rings is 3. The number of carbonyl (C=O) groups excluding carboxylic acids is 2. The van der Waals surface area contributed by atoms with Crippen molar-refractivity contribution in [1.29, 1.82) is 0 Å². The summed E-state index contributed by atoms with van der Waals surface area (Å²) in [6.07, 6.45) is 0.975. The Morgan fingerprint density at radius 1 is 0.925 bits per heavy atom. The molecule has 1 N–H and O–H groups in total. The Morgan fingerprint density at radius 2 is 1.65 bits per heavy atom. The maximum atomic E-state index is 13.9. The van der Waals surface area contributed by atoms with E-state index in [0.717, 1.165) is 16.8 Å². The van der Waals surface area contributed by atoms with Crippen LogP contribution in [0.5, 0.6) is 11.5 Å². The van der Waals surface area contributed by atoms with Gasteiger partial charge in [-0.1, -0.05) is 60.1 Å². The predicted octanol–water partition coefficient (Wildman–Crippen LogP) is 6.72. The lowest BCUT2D eigenvalue weighted by molar-refractivity contribution is -0.140. The van der Waals surface area contributed by atoms with Crippen LogP contribution in [-0.2, 0) is 14.3 Å². The molecule has 0 saturated carbocycles. The first-order chi connectivity index (χ1) is 19.5.